The molecule has 0 radical (unpaired) electrons. The van der Waals surface area contributed by atoms with Gasteiger partial charge in [-0.2, -0.15) is 0 Å². The number of carbonyl (C=O) groups excluding carboxylic acids is 1. The van der Waals surface area contributed by atoms with E-state index in [4.69, 9.17) is 5.73 Å². The number of anilines is 2. The Bertz CT molecular complexity index is 609. The first-order valence-corrected chi connectivity index (χ1v) is 7.25. The Morgan fingerprint density at radius 2 is 2.25 bits per heavy atom. The van der Waals surface area contributed by atoms with Crippen molar-refractivity contribution in [3.8, 4) is 0 Å². The van der Waals surface area contributed by atoms with Gasteiger partial charge in [-0.25, -0.2) is 4.98 Å². The van der Waals surface area contributed by atoms with Crippen LogP contribution < -0.4 is 16.4 Å². The summed E-state index contributed by atoms with van der Waals surface area (Å²) >= 11 is 1.27. The van der Waals surface area contributed by atoms with Crippen LogP contribution in [-0.4, -0.2) is 17.4 Å². The molecule has 1 aromatic heterocycles. The van der Waals surface area contributed by atoms with Gasteiger partial charge in [0.25, 0.3) is 5.91 Å². The third-order valence-corrected chi connectivity index (χ3v) is 3.75. The summed E-state index contributed by atoms with van der Waals surface area (Å²) in [7, 11) is 0. The quantitative estimate of drug-likeness (QED) is 0.790. The number of aryl methyl sites for hydroxylation is 1. The summed E-state index contributed by atoms with van der Waals surface area (Å²) in [6.07, 6.45) is 0. The molecule has 0 saturated heterocycles. The van der Waals surface area contributed by atoms with E-state index in [9.17, 15) is 4.79 Å². The summed E-state index contributed by atoms with van der Waals surface area (Å²) in [4.78, 5) is 16.7. The highest BCUT2D eigenvalue weighted by atomic mass is 32.1. The van der Waals surface area contributed by atoms with E-state index >= 15 is 0 Å². The number of aromatic nitrogens is 1. The van der Waals surface area contributed by atoms with Crippen molar-refractivity contribution in [2.75, 3.05) is 17.6 Å². The average Bonchev–Trinajstić information content (AvgIpc) is 2.78. The SMILES string of the molecule is CCNc1nc(N)c(C(=O)NCc2cccc(C)c2)s1. The minimum atomic E-state index is -0.189. The van der Waals surface area contributed by atoms with Gasteiger partial charge in [-0.15, -0.1) is 0 Å². The molecule has 1 aromatic carbocycles. The molecule has 0 fully saturated rings. The van der Waals surface area contributed by atoms with Crippen LogP contribution in [0.25, 0.3) is 0 Å². The molecule has 20 heavy (non-hydrogen) atoms. The maximum Gasteiger partial charge on any atom is 0.265 e. The van der Waals surface area contributed by atoms with E-state index in [0.717, 1.165) is 12.1 Å². The number of nitrogens with two attached hydrogens (primary N) is 1. The van der Waals surface area contributed by atoms with Crippen molar-refractivity contribution in [3.63, 3.8) is 0 Å². The Morgan fingerprint density at radius 3 is 2.95 bits per heavy atom. The van der Waals surface area contributed by atoms with Crippen LogP contribution >= 0.6 is 11.3 Å². The average molecular weight is 290 g/mol. The predicted octanol–water partition coefficient (Wildman–Crippen LogP) is 2.40. The number of nitrogens with one attached hydrogen (secondary N) is 2. The zero-order valence-electron chi connectivity index (χ0n) is 11.6. The van der Waals surface area contributed by atoms with Crippen molar-refractivity contribution in [2.24, 2.45) is 0 Å². The number of hydrogen-bond acceptors (Lipinski definition) is 5. The molecule has 0 aliphatic heterocycles. The second-order valence-corrected chi connectivity index (χ2v) is 5.43. The van der Waals surface area contributed by atoms with Crippen molar-refractivity contribution in [1.82, 2.24) is 10.3 Å². The number of hydrogen-bond donors (Lipinski definition) is 3. The van der Waals surface area contributed by atoms with Crippen LogP contribution in [-0.2, 0) is 6.54 Å². The van der Waals surface area contributed by atoms with Gasteiger partial charge in [0.15, 0.2) is 5.13 Å². The molecule has 6 heteroatoms. The fourth-order valence-electron chi connectivity index (χ4n) is 1.81. The molecule has 1 heterocycles. The minimum absolute atomic E-state index is 0.189. The predicted molar refractivity (Wildman–Crippen MR) is 83.0 cm³/mol. The van der Waals surface area contributed by atoms with E-state index in [1.54, 1.807) is 0 Å². The van der Waals surface area contributed by atoms with E-state index in [1.165, 1.54) is 16.9 Å². The molecule has 1 amide bonds. The summed E-state index contributed by atoms with van der Waals surface area (Å²) in [5, 5.41) is 6.59. The van der Waals surface area contributed by atoms with Crippen molar-refractivity contribution in [1.29, 1.82) is 0 Å². The molecule has 0 aliphatic rings. The molecule has 0 saturated carbocycles. The van der Waals surface area contributed by atoms with Gasteiger partial charge >= 0.3 is 0 Å². The zero-order chi connectivity index (χ0) is 14.5. The number of nitrogens with zero attached hydrogens (tertiary/aromatic N) is 1. The normalized spacial score (nSPS) is 10.3. The van der Waals surface area contributed by atoms with Crippen LogP contribution in [0.4, 0.5) is 10.9 Å². The first-order valence-electron chi connectivity index (χ1n) is 6.44. The molecule has 5 nitrogen and oxygen atoms in total. The Balaban J connectivity index is 2.01. The molecule has 4 N–H and O–H groups in total. The number of amides is 1. The molecule has 106 valence electrons. The molecule has 0 spiro atoms. The van der Waals surface area contributed by atoms with Crippen LogP contribution in [0, 0.1) is 6.92 Å². The second-order valence-electron chi connectivity index (χ2n) is 4.44. The van der Waals surface area contributed by atoms with E-state index in [0.29, 0.717) is 16.6 Å². The molecule has 0 unspecified atom stereocenters. The van der Waals surface area contributed by atoms with Crippen LogP contribution in [0.3, 0.4) is 0 Å². The zero-order valence-corrected chi connectivity index (χ0v) is 12.4. The smallest absolute Gasteiger partial charge is 0.265 e. The van der Waals surface area contributed by atoms with Crippen molar-refractivity contribution in [3.05, 3.63) is 40.3 Å². The lowest BCUT2D eigenvalue weighted by atomic mass is 10.1. The Labute approximate surface area is 122 Å². The molecule has 0 aliphatic carbocycles. The van der Waals surface area contributed by atoms with Gasteiger partial charge in [-0.1, -0.05) is 41.2 Å². The summed E-state index contributed by atoms with van der Waals surface area (Å²) in [5.41, 5.74) is 8.00. The first kappa shape index (κ1) is 14.3. The fraction of sp³-hybridized carbons (Fsp3) is 0.286. The third-order valence-electron chi connectivity index (χ3n) is 2.72. The summed E-state index contributed by atoms with van der Waals surface area (Å²) in [6.45, 7) is 5.22. The highest BCUT2D eigenvalue weighted by Gasteiger charge is 2.15. The Morgan fingerprint density at radius 1 is 1.45 bits per heavy atom. The highest BCUT2D eigenvalue weighted by molar-refractivity contribution is 7.18. The summed E-state index contributed by atoms with van der Waals surface area (Å²) < 4.78 is 0. The van der Waals surface area contributed by atoms with Crippen molar-refractivity contribution in [2.45, 2.75) is 20.4 Å². The van der Waals surface area contributed by atoms with E-state index in [2.05, 4.69) is 15.6 Å². The number of thiazole rings is 1. The minimum Gasteiger partial charge on any atom is -0.382 e. The largest absolute Gasteiger partial charge is 0.382 e. The van der Waals surface area contributed by atoms with Crippen LogP contribution in [0.2, 0.25) is 0 Å². The summed E-state index contributed by atoms with van der Waals surface area (Å²) in [6, 6.07) is 8.02. The van der Waals surface area contributed by atoms with E-state index in [-0.39, 0.29) is 11.7 Å². The van der Waals surface area contributed by atoms with Crippen molar-refractivity contribution < 1.29 is 4.79 Å². The van der Waals surface area contributed by atoms with Crippen LogP contribution in [0.5, 0.6) is 0 Å². The fourth-order valence-corrected chi connectivity index (χ4v) is 2.68. The molecule has 2 aromatic rings. The monoisotopic (exact) mass is 290 g/mol. The Hall–Kier alpha value is -2.08. The molecular weight excluding hydrogens is 272 g/mol. The van der Waals surface area contributed by atoms with Gasteiger partial charge < -0.3 is 16.4 Å². The number of carbonyl (C=O) groups is 1. The van der Waals surface area contributed by atoms with Crippen LogP contribution in [0.1, 0.15) is 27.7 Å². The highest BCUT2D eigenvalue weighted by Crippen LogP contribution is 2.24. The first-order chi connectivity index (χ1) is 9.60. The van der Waals surface area contributed by atoms with Gasteiger partial charge in [-0.05, 0) is 19.4 Å². The van der Waals surface area contributed by atoms with Gasteiger partial charge in [-0.3, -0.25) is 4.79 Å². The van der Waals surface area contributed by atoms with E-state index in [1.807, 2.05) is 38.1 Å². The molecule has 0 atom stereocenters. The van der Waals surface area contributed by atoms with Gasteiger partial charge in [0.2, 0.25) is 0 Å². The lowest BCUT2D eigenvalue weighted by molar-refractivity contribution is 0.0955. The maximum atomic E-state index is 12.1. The van der Waals surface area contributed by atoms with Gasteiger partial charge in [0, 0.05) is 13.1 Å². The van der Waals surface area contributed by atoms with Gasteiger partial charge in [0.1, 0.15) is 10.7 Å². The van der Waals surface area contributed by atoms with Crippen molar-refractivity contribution >= 4 is 28.2 Å². The van der Waals surface area contributed by atoms with E-state index < -0.39 is 0 Å². The number of rotatable bonds is 5. The second kappa shape index (κ2) is 6.38. The molecule has 2 rings (SSSR count). The summed E-state index contributed by atoms with van der Waals surface area (Å²) in [5.74, 6) is 0.0818. The molecule has 0 bridgehead atoms. The maximum absolute atomic E-state index is 12.1. The lowest BCUT2D eigenvalue weighted by Crippen LogP contribution is -2.22. The molecular formula is C14H18N4OS. The van der Waals surface area contributed by atoms with Gasteiger partial charge in [0.05, 0.1) is 0 Å². The Kier molecular flexibility index (Phi) is 4.57. The third kappa shape index (κ3) is 3.48. The van der Waals surface area contributed by atoms with Crippen LogP contribution in [0.15, 0.2) is 24.3 Å². The number of benzene rings is 1. The topological polar surface area (TPSA) is 80.0 Å². The lowest BCUT2D eigenvalue weighted by Gasteiger charge is -2.05. The standard InChI is InChI=1S/C14H18N4OS/c1-3-16-14-18-12(15)11(20-14)13(19)17-8-10-6-4-5-9(2)7-10/h4-7H,3,8,15H2,1-2H3,(H,16,18)(H,17,19). The number of nitrogen functional groups attached to an aromatic ring is 1.